The van der Waals surface area contributed by atoms with Crippen molar-refractivity contribution < 1.29 is 41.8 Å². The van der Waals surface area contributed by atoms with Gasteiger partial charge in [-0.05, 0) is 22.3 Å². The van der Waals surface area contributed by atoms with E-state index in [0.717, 1.165) is 22.3 Å². The van der Waals surface area contributed by atoms with E-state index in [2.05, 4.69) is 0 Å². The van der Waals surface area contributed by atoms with Crippen LogP contribution >= 0.6 is 0 Å². The fraction of sp³-hybridized carbons (Fsp3) is 0.375. The topological polar surface area (TPSA) is 95.9 Å². The highest BCUT2D eigenvalue weighted by Crippen LogP contribution is 2.44. The molecule has 1 heterocycles. The number of carbonyl (C=O) groups excluding carboxylic acids is 2. The molecular weight excluding hydrogens is 472 g/mol. The Bertz CT molecular complexity index is 1100. The first-order chi connectivity index (χ1) is 16.6. The summed E-state index contributed by atoms with van der Waals surface area (Å²) in [5.74, 6) is -9.00. The van der Waals surface area contributed by atoms with Crippen molar-refractivity contribution in [3.05, 3.63) is 59.7 Å². The number of hydrogen-bond donors (Lipinski definition) is 2. The quantitative estimate of drug-likeness (QED) is 0.572. The van der Waals surface area contributed by atoms with Crippen molar-refractivity contribution >= 4 is 18.0 Å². The number of alkyl halides is 4. The number of likely N-dealkylation sites (tertiary alicyclic amines) is 1. The van der Waals surface area contributed by atoms with E-state index in [1.54, 1.807) is 0 Å². The number of ether oxygens (including phenoxy) is 1. The molecule has 2 atom stereocenters. The number of nitrogens with one attached hydrogen (secondary N) is 1. The van der Waals surface area contributed by atoms with Crippen LogP contribution in [-0.2, 0) is 14.3 Å². The maximum absolute atomic E-state index is 13.8. The molecule has 0 radical (unpaired) electrons. The van der Waals surface area contributed by atoms with Crippen molar-refractivity contribution in [1.82, 2.24) is 10.2 Å². The number of fused-ring (bicyclic) bond motifs is 3. The van der Waals surface area contributed by atoms with Gasteiger partial charge in [0, 0.05) is 12.5 Å². The van der Waals surface area contributed by atoms with E-state index in [0.29, 0.717) is 4.90 Å². The van der Waals surface area contributed by atoms with Crippen LogP contribution in [0.25, 0.3) is 11.1 Å². The van der Waals surface area contributed by atoms with E-state index in [4.69, 9.17) is 9.84 Å². The monoisotopic (exact) mass is 494 g/mol. The number of carboxylic acid groups (broad SMARTS) is 1. The zero-order chi connectivity index (χ0) is 25.3. The third-order valence-corrected chi connectivity index (χ3v) is 6.31. The van der Waals surface area contributed by atoms with Gasteiger partial charge in [-0.1, -0.05) is 48.5 Å². The Balaban J connectivity index is 1.37. The molecule has 0 spiro atoms. The predicted octanol–water partition coefficient (Wildman–Crippen LogP) is 3.73. The zero-order valence-electron chi connectivity index (χ0n) is 18.3. The highest BCUT2D eigenvalue weighted by molar-refractivity contribution is 5.81. The third-order valence-electron chi connectivity index (χ3n) is 6.31. The Labute approximate surface area is 197 Å². The van der Waals surface area contributed by atoms with Crippen LogP contribution in [0.2, 0.25) is 0 Å². The summed E-state index contributed by atoms with van der Waals surface area (Å²) in [4.78, 5) is 36.1. The Kier molecular flexibility index (Phi) is 6.68. The number of rotatable bonds is 7. The number of carboxylic acids is 1. The fourth-order valence-electron chi connectivity index (χ4n) is 4.54. The molecule has 0 aromatic heterocycles. The lowest BCUT2D eigenvalue weighted by Gasteiger charge is -2.22. The smallest absolute Gasteiger partial charge is 0.407 e. The molecule has 2 amide bonds. The molecule has 11 heteroatoms. The summed E-state index contributed by atoms with van der Waals surface area (Å²) < 4.78 is 59.9. The molecule has 2 aliphatic rings. The van der Waals surface area contributed by atoms with E-state index in [1.807, 2.05) is 53.8 Å². The molecule has 1 aliphatic heterocycles. The van der Waals surface area contributed by atoms with Crippen molar-refractivity contribution in [2.24, 2.45) is 5.92 Å². The van der Waals surface area contributed by atoms with Gasteiger partial charge < -0.3 is 20.1 Å². The molecule has 1 saturated heterocycles. The highest BCUT2D eigenvalue weighted by Gasteiger charge is 2.53. The van der Waals surface area contributed by atoms with Gasteiger partial charge in [0.05, 0.1) is 13.0 Å². The van der Waals surface area contributed by atoms with Crippen LogP contribution in [0.15, 0.2) is 48.5 Å². The van der Waals surface area contributed by atoms with Gasteiger partial charge in [0.1, 0.15) is 18.6 Å². The van der Waals surface area contributed by atoms with Crippen molar-refractivity contribution in [2.45, 2.75) is 30.7 Å². The lowest BCUT2D eigenvalue weighted by molar-refractivity contribution is -0.151. The van der Waals surface area contributed by atoms with Gasteiger partial charge in [0.25, 0.3) is 12.3 Å². The molecule has 2 unspecified atom stereocenters. The average Bonchev–Trinajstić information content (AvgIpc) is 3.31. The summed E-state index contributed by atoms with van der Waals surface area (Å²) in [6.45, 7) is -2.13. The van der Waals surface area contributed by atoms with Crippen LogP contribution in [0.4, 0.5) is 22.4 Å². The second-order valence-electron chi connectivity index (χ2n) is 8.54. The largest absolute Gasteiger partial charge is 0.481 e. The summed E-state index contributed by atoms with van der Waals surface area (Å²) in [6.07, 6.45) is -5.34. The van der Waals surface area contributed by atoms with Crippen LogP contribution in [0.3, 0.4) is 0 Å². The van der Waals surface area contributed by atoms with Crippen LogP contribution in [0.5, 0.6) is 0 Å². The summed E-state index contributed by atoms with van der Waals surface area (Å²) in [5, 5.41) is 10.8. The van der Waals surface area contributed by atoms with Crippen molar-refractivity contribution in [3.8, 4) is 11.1 Å². The van der Waals surface area contributed by atoms with Crippen molar-refractivity contribution in [3.63, 3.8) is 0 Å². The van der Waals surface area contributed by atoms with Crippen molar-refractivity contribution in [1.29, 1.82) is 0 Å². The Morgan fingerprint density at radius 3 is 2.14 bits per heavy atom. The van der Waals surface area contributed by atoms with Gasteiger partial charge in [-0.25, -0.2) is 22.4 Å². The van der Waals surface area contributed by atoms with Crippen LogP contribution in [0.1, 0.15) is 23.5 Å². The fourth-order valence-corrected chi connectivity index (χ4v) is 4.54. The Hall–Kier alpha value is -3.63. The molecule has 1 fully saturated rings. The Morgan fingerprint density at radius 2 is 1.63 bits per heavy atom. The number of carbonyl (C=O) groups is 3. The number of hydrogen-bond acceptors (Lipinski definition) is 4. The first-order valence-corrected chi connectivity index (χ1v) is 10.9. The summed E-state index contributed by atoms with van der Waals surface area (Å²) in [7, 11) is 0. The molecule has 4 rings (SSSR count). The Morgan fingerprint density at radius 1 is 1.06 bits per heavy atom. The molecule has 0 bridgehead atoms. The first-order valence-electron chi connectivity index (χ1n) is 10.9. The van der Waals surface area contributed by atoms with E-state index >= 15 is 0 Å². The van der Waals surface area contributed by atoms with E-state index in [1.165, 1.54) is 0 Å². The first kappa shape index (κ1) is 24.5. The standard InChI is InChI=1S/C24H22F4N2O5/c25-21(26)19(9-20(31)30-10-18(22(32)33)24(27,28)12-30)29-23(34)35-11-17-15-7-3-1-5-13(15)14-6-2-4-8-16(14)17/h1-8,17-19,21H,9-12H2,(H,29,34)(H,32,33). The van der Waals surface area contributed by atoms with Crippen LogP contribution in [-0.4, -0.2) is 66.1 Å². The SMILES string of the molecule is O=C(NC(CC(=O)N1CC(C(=O)O)C(F)(F)C1)C(F)F)OCC1c2ccccc2-c2ccccc21. The molecule has 2 N–H and O–H groups in total. The zero-order valence-corrected chi connectivity index (χ0v) is 18.3. The van der Waals surface area contributed by atoms with Crippen LogP contribution in [0, 0.1) is 5.92 Å². The maximum atomic E-state index is 13.8. The summed E-state index contributed by atoms with van der Waals surface area (Å²) in [6, 6.07) is 13.1. The maximum Gasteiger partial charge on any atom is 0.407 e. The minimum atomic E-state index is -3.68. The molecule has 0 saturated carbocycles. The van der Waals surface area contributed by atoms with Gasteiger partial charge in [-0.2, -0.15) is 0 Å². The van der Waals surface area contributed by atoms with Gasteiger partial charge in [0.15, 0.2) is 0 Å². The second kappa shape index (κ2) is 9.55. The molecule has 186 valence electrons. The van der Waals surface area contributed by atoms with E-state index in [-0.39, 0.29) is 12.5 Å². The van der Waals surface area contributed by atoms with Crippen LogP contribution < -0.4 is 5.32 Å². The van der Waals surface area contributed by atoms with Gasteiger partial charge in [-0.15, -0.1) is 0 Å². The number of nitrogens with zero attached hydrogens (tertiary/aromatic N) is 1. The average molecular weight is 494 g/mol. The van der Waals surface area contributed by atoms with Gasteiger partial charge in [-0.3, -0.25) is 9.59 Å². The minimum absolute atomic E-state index is 0.137. The molecule has 2 aromatic rings. The molecule has 35 heavy (non-hydrogen) atoms. The lowest BCUT2D eigenvalue weighted by Crippen LogP contribution is -2.45. The number of halogens is 4. The molecular formula is C24H22F4N2O5. The molecule has 7 nitrogen and oxygen atoms in total. The number of alkyl carbamates (subject to hydrolysis) is 1. The predicted molar refractivity (Wildman–Crippen MR) is 115 cm³/mol. The second-order valence-corrected chi connectivity index (χ2v) is 8.54. The van der Waals surface area contributed by atoms with E-state index < -0.39 is 61.8 Å². The van der Waals surface area contributed by atoms with E-state index in [9.17, 15) is 31.9 Å². The number of benzene rings is 2. The number of amides is 2. The molecule has 2 aromatic carbocycles. The summed E-state index contributed by atoms with van der Waals surface area (Å²) in [5.41, 5.74) is 3.81. The van der Waals surface area contributed by atoms with Gasteiger partial charge in [0.2, 0.25) is 5.91 Å². The minimum Gasteiger partial charge on any atom is -0.481 e. The number of aliphatic carboxylic acids is 1. The normalized spacial score (nSPS) is 19.2. The third kappa shape index (κ3) is 4.94. The summed E-state index contributed by atoms with van der Waals surface area (Å²) >= 11 is 0. The van der Waals surface area contributed by atoms with Crippen molar-refractivity contribution in [2.75, 3.05) is 19.7 Å². The molecule has 1 aliphatic carbocycles. The highest BCUT2D eigenvalue weighted by atomic mass is 19.3. The van der Waals surface area contributed by atoms with Gasteiger partial charge >= 0.3 is 12.1 Å². The lowest BCUT2D eigenvalue weighted by atomic mass is 9.98.